The lowest BCUT2D eigenvalue weighted by Crippen LogP contribution is -2.51. The van der Waals surface area contributed by atoms with Crippen molar-refractivity contribution in [2.75, 3.05) is 5.33 Å². The zero-order valence-electron chi connectivity index (χ0n) is 38.6. The average molecular weight is 956 g/mol. The molecule has 2 aromatic heterocycles. The number of Topliss-reactive ketones (excluding diaryl/α,β-unsaturated/α-hetero) is 2. The molecule has 6 fully saturated rings. The van der Waals surface area contributed by atoms with Gasteiger partial charge in [0.05, 0.1) is 46.6 Å². The first kappa shape index (κ1) is 51.0. The molecule has 6 saturated carbocycles. The maximum absolute atomic E-state index is 13.3. The minimum atomic E-state index is -0.510. The van der Waals surface area contributed by atoms with Crippen LogP contribution in [-0.4, -0.2) is 58.3 Å². The van der Waals surface area contributed by atoms with Gasteiger partial charge in [-0.1, -0.05) is 81.8 Å². The first-order valence-corrected chi connectivity index (χ1v) is 25.2. The number of nitrogens with one attached hydrogen (secondary N) is 1. The predicted molar refractivity (Wildman–Crippen MR) is 259 cm³/mol. The third kappa shape index (κ3) is 9.18. The highest BCUT2D eigenvalue weighted by Crippen LogP contribution is 2.68. The number of aliphatic hydroxyl groups is 2. The molecule has 0 spiro atoms. The molecule has 0 aromatic carbocycles. The molecule has 10 nitrogen and oxygen atoms in total. The third-order valence-electron chi connectivity index (χ3n) is 19.2. The first-order valence-electron chi connectivity index (χ1n) is 24.1. The second kappa shape index (κ2) is 19.0. The van der Waals surface area contributed by atoms with Crippen LogP contribution in [0.2, 0.25) is 0 Å². The number of hydrogen-bond donors (Lipinski definition) is 3. The summed E-state index contributed by atoms with van der Waals surface area (Å²) in [4.78, 5) is 25.8. The second-order valence-corrected chi connectivity index (χ2v) is 23.5. The van der Waals surface area contributed by atoms with E-state index in [1.54, 1.807) is 28.2 Å². The Morgan fingerprint density at radius 2 is 1.22 bits per heavy atom. The Bertz CT molecular complexity index is 2200. The predicted octanol–water partition coefficient (Wildman–Crippen LogP) is 11.5. The number of aromatic nitrogens is 4. The van der Waals surface area contributed by atoms with Gasteiger partial charge in [0.2, 0.25) is 0 Å². The van der Waals surface area contributed by atoms with Gasteiger partial charge in [0, 0.05) is 24.2 Å². The van der Waals surface area contributed by atoms with E-state index >= 15 is 0 Å². The van der Waals surface area contributed by atoms with Gasteiger partial charge in [-0.25, -0.2) is 0 Å². The molecule has 8 aliphatic carbocycles. The molecule has 8 aliphatic rings. The quantitative estimate of drug-likeness (QED) is 0.197. The normalized spacial score (nSPS) is 41.8. The van der Waals surface area contributed by atoms with E-state index in [0.29, 0.717) is 57.7 Å². The summed E-state index contributed by atoms with van der Waals surface area (Å²) in [6, 6.07) is 4.00. The zero-order valence-corrected chi connectivity index (χ0v) is 40.2. The Labute approximate surface area is 398 Å². The molecular weight excluding hydrogens is 877 g/mol. The van der Waals surface area contributed by atoms with Gasteiger partial charge in [-0.05, 0) is 174 Å². The molecule has 356 valence electrons. The number of allylic oxidation sites excluding steroid dienone is 4. The highest BCUT2D eigenvalue weighted by atomic mass is 79.9. The van der Waals surface area contributed by atoms with Gasteiger partial charge in [0.15, 0.2) is 5.78 Å². The molecule has 65 heavy (non-hydrogen) atoms. The number of nitrogens with zero attached hydrogens (tertiary/aromatic N) is 5. The van der Waals surface area contributed by atoms with Crippen molar-refractivity contribution in [2.24, 2.45) is 69.0 Å². The molecule has 0 aliphatic heterocycles. The van der Waals surface area contributed by atoms with Gasteiger partial charge in [0.1, 0.15) is 17.9 Å². The summed E-state index contributed by atoms with van der Waals surface area (Å²) in [7, 11) is 0. The monoisotopic (exact) mass is 955 g/mol. The lowest BCUT2D eigenvalue weighted by Gasteiger charge is -2.58. The van der Waals surface area contributed by atoms with Gasteiger partial charge >= 0.3 is 0 Å². The number of rotatable bonds is 5. The molecule has 0 unspecified atom stereocenters. The van der Waals surface area contributed by atoms with Crippen LogP contribution in [0.25, 0.3) is 0 Å². The van der Waals surface area contributed by atoms with E-state index < -0.39 is 11.2 Å². The van der Waals surface area contributed by atoms with Crippen LogP contribution < -0.4 is 0 Å². The summed E-state index contributed by atoms with van der Waals surface area (Å²) in [5, 5.41) is 49.1. The number of H-pyrrole nitrogens is 1. The van der Waals surface area contributed by atoms with Crippen molar-refractivity contribution >= 4 is 27.5 Å². The van der Waals surface area contributed by atoms with E-state index in [1.165, 1.54) is 44.5 Å². The van der Waals surface area contributed by atoms with Gasteiger partial charge in [0.25, 0.3) is 0 Å². The number of ketones is 2. The van der Waals surface area contributed by atoms with E-state index in [2.05, 4.69) is 77.1 Å². The molecular formula is C54H79BrN6O4. The van der Waals surface area contributed by atoms with Crippen LogP contribution in [0.1, 0.15) is 170 Å². The van der Waals surface area contributed by atoms with Crippen molar-refractivity contribution in [3.8, 4) is 12.1 Å². The zero-order chi connectivity index (χ0) is 45.2. The molecule has 10 rings (SSSR count). The number of carbonyl (C=O) groups is 2. The Kier molecular flexibility index (Phi) is 14.9. The van der Waals surface area contributed by atoms with Crippen LogP contribution in [0.15, 0.2) is 48.1 Å². The molecule has 2 heterocycles. The van der Waals surface area contributed by atoms with Gasteiger partial charge in [-0.3, -0.25) is 19.4 Å². The highest BCUT2D eigenvalue weighted by Gasteiger charge is 2.61. The number of aromatic amines is 1. The topological polar surface area (TPSA) is 169 Å². The van der Waals surface area contributed by atoms with Crippen LogP contribution in [0.4, 0.5) is 0 Å². The number of nitriles is 2. The largest absolute Gasteiger partial charge is 0.390 e. The summed E-state index contributed by atoms with van der Waals surface area (Å²) in [5.41, 5.74) is 4.15. The van der Waals surface area contributed by atoms with Crippen molar-refractivity contribution in [1.82, 2.24) is 20.0 Å². The standard InChI is InChI=1S/C26H35N3O2.C22H33BrO2.C4H3N3.2CH4/c1-24(31)10-11-25(2)18(12-24)4-5-19-20-6-7-22(26(20,3)9-8-21(19)25)23(30)16-29-15-17(13-27)14-28-29;1-20(25)10-11-21(2)14(12-20)4-5-15-16-6-7-18(19(24)13-23)22(16,3)9-8-17(15)21;5-1-4-2-6-7-3-4;;/h8,14-15,18-20,22,31H,4-7,9-12,16H2,1-3H3;8,14-16,18,25H,4-7,9-13H2,1-3H3;2-3H,(H,6,7);2*1H4/t18-,19+,20+,22-,24-,25+,26+;14-,15+,16+,18-,20-,21+,22+;;;/m11.../s1. The van der Waals surface area contributed by atoms with Crippen molar-refractivity contribution < 1.29 is 19.8 Å². The number of halogens is 1. The SMILES string of the molecule is C.C.C[C@@]1(O)CC[C@]2(C)C3=CC[C@]4(C)[C@@H](C(=O)CBr)CC[C@H]4[C@@H]3CC[C@@H]2C1.C[C@@]1(O)CC[C@]2(C)C3=CC[C@]4(C)[C@@H](C(=O)Cn5cc(C#N)cn5)CC[C@H]4[C@@H]3CC[C@@H]2C1.N#Cc1cn[nH]c1. The third-order valence-corrected chi connectivity index (χ3v) is 19.8. The average Bonchev–Trinajstić information content (AvgIpc) is 4.07. The van der Waals surface area contributed by atoms with Crippen molar-refractivity contribution in [3.63, 3.8) is 0 Å². The molecule has 0 radical (unpaired) electrons. The van der Waals surface area contributed by atoms with Crippen LogP contribution in [0.3, 0.4) is 0 Å². The summed E-state index contributed by atoms with van der Waals surface area (Å²) in [5.74, 6) is 4.73. The Morgan fingerprint density at radius 1 is 0.723 bits per heavy atom. The van der Waals surface area contributed by atoms with Crippen LogP contribution in [0, 0.1) is 91.7 Å². The lowest BCUT2D eigenvalue weighted by molar-refractivity contribution is -0.128. The Morgan fingerprint density at radius 3 is 1.63 bits per heavy atom. The first-order chi connectivity index (χ1) is 29.8. The number of carbonyl (C=O) groups excluding carboxylic acids is 2. The molecule has 3 N–H and O–H groups in total. The van der Waals surface area contributed by atoms with Gasteiger partial charge in [-0.2, -0.15) is 20.7 Å². The van der Waals surface area contributed by atoms with Gasteiger partial charge in [-0.15, -0.1) is 0 Å². The fourth-order valence-corrected chi connectivity index (χ4v) is 16.0. The minimum absolute atomic E-state index is 0. The molecule has 0 amide bonds. The number of alkyl halides is 1. The van der Waals surface area contributed by atoms with Crippen molar-refractivity contribution in [3.05, 3.63) is 59.2 Å². The van der Waals surface area contributed by atoms with E-state index in [-0.39, 0.29) is 60.7 Å². The molecule has 11 heteroatoms. The highest BCUT2D eigenvalue weighted by molar-refractivity contribution is 9.09. The fourth-order valence-electron chi connectivity index (χ4n) is 15.6. The van der Waals surface area contributed by atoms with Crippen LogP contribution in [0.5, 0.6) is 0 Å². The summed E-state index contributed by atoms with van der Waals surface area (Å²) < 4.78 is 1.63. The van der Waals surface area contributed by atoms with Crippen molar-refractivity contribution in [2.45, 2.75) is 177 Å². The summed E-state index contributed by atoms with van der Waals surface area (Å²) in [6.45, 7) is 14.0. The number of hydrogen-bond acceptors (Lipinski definition) is 8. The van der Waals surface area contributed by atoms with E-state index in [9.17, 15) is 19.8 Å². The van der Waals surface area contributed by atoms with E-state index in [4.69, 9.17) is 10.5 Å². The summed E-state index contributed by atoms with van der Waals surface area (Å²) >= 11 is 3.41. The summed E-state index contributed by atoms with van der Waals surface area (Å²) in [6.07, 6.45) is 28.6. The minimum Gasteiger partial charge on any atom is -0.390 e. The van der Waals surface area contributed by atoms with E-state index in [0.717, 1.165) is 70.6 Å². The maximum atomic E-state index is 13.3. The van der Waals surface area contributed by atoms with E-state index in [1.807, 2.05) is 19.9 Å². The maximum Gasteiger partial charge on any atom is 0.157 e. The van der Waals surface area contributed by atoms with Crippen molar-refractivity contribution in [1.29, 1.82) is 10.5 Å². The lowest BCUT2D eigenvalue weighted by atomic mass is 9.47. The fraction of sp³-hybridized carbons (Fsp3) is 0.741. The smallest absolute Gasteiger partial charge is 0.157 e. The number of fused-ring (bicyclic) bond motifs is 10. The molecule has 0 saturated heterocycles. The van der Waals surface area contributed by atoms with Crippen LogP contribution >= 0.6 is 15.9 Å². The Hall–Kier alpha value is -3.38. The molecule has 2 aromatic rings. The Balaban J connectivity index is 0.000000185. The van der Waals surface area contributed by atoms with Crippen LogP contribution in [-0.2, 0) is 16.1 Å². The second-order valence-electron chi connectivity index (χ2n) is 22.9. The molecule has 0 bridgehead atoms. The van der Waals surface area contributed by atoms with Gasteiger partial charge < -0.3 is 10.2 Å². The molecule has 14 atom stereocenters.